The molecule has 30 heavy (non-hydrogen) atoms. The third-order valence-electron chi connectivity index (χ3n) is 4.91. The summed E-state index contributed by atoms with van der Waals surface area (Å²) in [6, 6.07) is 4.56. The summed E-state index contributed by atoms with van der Waals surface area (Å²) in [5.74, 6) is 0.223. The number of carbonyl (C=O) groups is 2. The molecule has 2 N–H and O–H groups in total. The zero-order valence-electron chi connectivity index (χ0n) is 17.1. The average Bonchev–Trinajstić information content (AvgIpc) is 2.74. The van der Waals surface area contributed by atoms with Crippen LogP contribution in [0.3, 0.4) is 0 Å². The Morgan fingerprint density at radius 1 is 1.00 bits per heavy atom. The molecule has 1 aromatic rings. The van der Waals surface area contributed by atoms with Crippen molar-refractivity contribution in [2.24, 2.45) is 0 Å². The molecule has 3 amide bonds. The van der Waals surface area contributed by atoms with E-state index in [2.05, 4.69) is 10.6 Å². The number of urea groups is 1. The lowest BCUT2D eigenvalue weighted by molar-refractivity contribution is -0.114. The molecule has 0 unspecified atom stereocenters. The van der Waals surface area contributed by atoms with Crippen molar-refractivity contribution in [3.8, 4) is 5.75 Å². The van der Waals surface area contributed by atoms with Crippen molar-refractivity contribution in [2.75, 3.05) is 70.2 Å². The smallest absolute Gasteiger partial charge is 0.322 e. The zero-order chi connectivity index (χ0) is 21.7. The van der Waals surface area contributed by atoms with Gasteiger partial charge in [0.25, 0.3) is 10.2 Å². The number of methoxy groups -OCH3 is 1. The highest BCUT2D eigenvalue weighted by Crippen LogP contribution is 2.28. The van der Waals surface area contributed by atoms with Gasteiger partial charge in [-0.1, -0.05) is 0 Å². The summed E-state index contributed by atoms with van der Waals surface area (Å²) >= 11 is 0. The van der Waals surface area contributed by atoms with Crippen LogP contribution >= 0.6 is 0 Å². The van der Waals surface area contributed by atoms with Gasteiger partial charge >= 0.3 is 6.03 Å². The van der Waals surface area contributed by atoms with E-state index in [-0.39, 0.29) is 38.1 Å². The lowest BCUT2D eigenvalue weighted by Crippen LogP contribution is -2.56. The minimum absolute atomic E-state index is 0.218. The number of morpholine rings is 1. The molecule has 0 saturated carbocycles. The molecule has 1 aromatic carbocycles. The molecule has 0 atom stereocenters. The van der Waals surface area contributed by atoms with Crippen molar-refractivity contribution < 1.29 is 27.5 Å². The molecule has 166 valence electrons. The Morgan fingerprint density at radius 2 is 1.63 bits per heavy atom. The van der Waals surface area contributed by atoms with Gasteiger partial charge in [0.2, 0.25) is 5.91 Å². The second-order valence-corrected chi connectivity index (χ2v) is 8.86. The molecule has 0 spiro atoms. The van der Waals surface area contributed by atoms with Crippen molar-refractivity contribution in [1.82, 2.24) is 13.5 Å². The van der Waals surface area contributed by atoms with Gasteiger partial charge in [-0.25, -0.2) is 4.79 Å². The standard InChI is InChI=1S/C18H27N5O6S/c1-14(24)19-15-3-4-17(28-2)16(13-15)20-18(25)21-5-7-22(8-6-21)30(26,27)23-9-11-29-12-10-23/h3-4,13H,5-12H2,1-2H3,(H,19,24)(H,20,25). The molecule has 2 saturated heterocycles. The molecule has 0 aliphatic carbocycles. The van der Waals surface area contributed by atoms with Gasteiger partial charge in [-0.05, 0) is 18.2 Å². The van der Waals surface area contributed by atoms with Crippen molar-refractivity contribution in [3.05, 3.63) is 18.2 Å². The fourth-order valence-corrected chi connectivity index (χ4v) is 4.91. The van der Waals surface area contributed by atoms with Crippen LogP contribution in [0, 0.1) is 0 Å². The van der Waals surface area contributed by atoms with Crippen LogP contribution in [0.1, 0.15) is 6.92 Å². The second kappa shape index (κ2) is 9.60. The highest BCUT2D eigenvalue weighted by atomic mass is 32.2. The van der Waals surface area contributed by atoms with E-state index in [1.165, 1.54) is 22.6 Å². The Kier molecular flexibility index (Phi) is 7.13. The van der Waals surface area contributed by atoms with E-state index in [9.17, 15) is 18.0 Å². The van der Waals surface area contributed by atoms with Crippen LogP contribution in [0.25, 0.3) is 0 Å². The number of nitrogens with one attached hydrogen (secondary N) is 2. The molecule has 0 aromatic heterocycles. The third kappa shape index (κ3) is 5.19. The summed E-state index contributed by atoms with van der Waals surface area (Å²) < 4.78 is 38.8. The van der Waals surface area contributed by atoms with E-state index in [1.807, 2.05) is 0 Å². The molecule has 2 heterocycles. The lowest BCUT2D eigenvalue weighted by Gasteiger charge is -2.37. The second-order valence-electron chi connectivity index (χ2n) is 6.93. The van der Waals surface area contributed by atoms with Gasteiger partial charge < -0.3 is 25.0 Å². The van der Waals surface area contributed by atoms with Crippen LogP contribution < -0.4 is 15.4 Å². The quantitative estimate of drug-likeness (QED) is 0.682. The monoisotopic (exact) mass is 441 g/mol. The van der Waals surface area contributed by atoms with Crippen LogP contribution in [-0.2, 0) is 19.7 Å². The van der Waals surface area contributed by atoms with Gasteiger partial charge in [0.1, 0.15) is 5.75 Å². The van der Waals surface area contributed by atoms with Gasteiger partial charge in [0.05, 0.1) is 26.0 Å². The van der Waals surface area contributed by atoms with Gasteiger partial charge in [-0.2, -0.15) is 17.0 Å². The Balaban J connectivity index is 1.61. The summed E-state index contributed by atoms with van der Waals surface area (Å²) in [4.78, 5) is 25.5. The number of hydrogen-bond donors (Lipinski definition) is 2. The highest BCUT2D eigenvalue weighted by Gasteiger charge is 2.34. The van der Waals surface area contributed by atoms with E-state index >= 15 is 0 Å². The number of benzene rings is 1. The molecule has 2 aliphatic rings. The summed E-state index contributed by atoms with van der Waals surface area (Å²) in [6.07, 6.45) is 0. The minimum Gasteiger partial charge on any atom is -0.495 e. The fraction of sp³-hybridized carbons (Fsp3) is 0.556. The van der Waals surface area contributed by atoms with Crippen LogP contribution in [0.4, 0.5) is 16.2 Å². The number of hydrogen-bond acceptors (Lipinski definition) is 6. The first-order valence-corrected chi connectivity index (χ1v) is 11.1. The van der Waals surface area contributed by atoms with Gasteiger partial charge in [0.15, 0.2) is 0 Å². The van der Waals surface area contributed by atoms with Crippen LogP contribution in [0.15, 0.2) is 18.2 Å². The zero-order valence-corrected chi connectivity index (χ0v) is 17.9. The van der Waals surface area contributed by atoms with Crippen LogP contribution in [0.5, 0.6) is 5.75 Å². The summed E-state index contributed by atoms with van der Waals surface area (Å²) in [7, 11) is -2.07. The number of nitrogens with zero attached hydrogens (tertiary/aromatic N) is 3. The largest absolute Gasteiger partial charge is 0.495 e. The normalized spacial score (nSPS) is 18.7. The molecule has 12 heteroatoms. The lowest BCUT2D eigenvalue weighted by atomic mass is 10.2. The number of anilines is 2. The highest BCUT2D eigenvalue weighted by molar-refractivity contribution is 7.86. The number of ether oxygens (including phenoxy) is 2. The molecule has 11 nitrogen and oxygen atoms in total. The van der Waals surface area contributed by atoms with E-state index in [4.69, 9.17) is 9.47 Å². The van der Waals surface area contributed by atoms with Crippen LogP contribution in [-0.4, -0.2) is 93.5 Å². The Bertz CT molecular complexity index is 879. The maximum Gasteiger partial charge on any atom is 0.322 e. The summed E-state index contributed by atoms with van der Waals surface area (Å²) in [5.41, 5.74) is 0.942. The summed E-state index contributed by atoms with van der Waals surface area (Å²) in [6.45, 7) is 3.83. The predicted octanol–water partition coefficient (Wildman–Crippen LogP) is 0.380. The van der Waals surface area contributed by atoms with E-state index in [0.29, 0.717) is 43.4 Å². The van der Waals surface area contributed by atoms with E-state index in [0.717, 1.165) is 0 Å². The topological polar surface area (TPSA) is 121 Å². The minimum atomic E-state index is -3.55. The van der Waals surface area contributed by atoms with Gasteiger partial charge in [-0.15, -0.1) is 0 Å². The first-order valence-electron chi connectivity index (χ1n) is 9.66. The molecule has 0 radical (unpaired) electrons. The molecular formula is C18H27N5O6S. The average molecular weight is 442 g/mol. The van der Waals surface area contributed by atoms with Gasteiger partial charge in [0, 0.05) is 51.9 Å². The third-order valence-corrected chi connectivity index (χ3v) is 6.95. The maximum atomic E-state index is 12.7. The number of amides is 3. The fourth-order valence-electron chi connectivity index (χ4n) is 3.34. The molecule has 2 aliphatic heterocycles. The molecular weight excluding hydrogens is 414 g/mol. The van der Waals surface area contributed by atoms with E-state index in [1.54, 1.807) is 23.1 Å². The number of rotatable bonds is 5. The Labute approximate surface area is 176 Å². The maximum absolute atomic E-state index is 12.7. The molecule has 0 bridgehead atoms. The predicted molar refractivity (Wildman–Crippen MR) is 111 cm³/mol. The van der Waals surface area contributed by atoms with Crippen molar-refractivity contribution in [2.45, 2.75) is 6.92 Å². The SMILES string of the molecule is COc1ccc(NC(C)=O)cc1NC(=O)N1CCN(S(=O)(=O)N2CCOCC2)CC1. The Hall–Kier alpha value is -2.41. The number of carbonyl (C=O) groups excluding carboxylic acids is 2. The molecule has 3 rings (SSSR count). The van der Waals surface area contributed by atoms with Crippen LogP contribution in [0.2, 0.25) is 0 Å². The van der Waals surface area contributed by atoms with E-state index < -0.39 is 10.2 Å². The van der Waals surface area contributed by atoms with Gasteiger partial charge in [-0.3, -0.25) is 4.79 Å². The van der Waals surface area contributed by atoms with Crippen molar-refractivity contribution >= 4 is 33.5 Å². The number of piperazine rings is 1. The molecule has 2 fully saturated rings. The summed E-state index contributed by atoms with van der Waals surface area (Å²) in [5, 5.41) is 5.43. The van der Waals surface area contributed by atoms with Crippen molar-refractivity contribution in [1.29, 1.82) is 0 Å². The Morgan fingerprint density at radius 3 is 2.23 bits per heavy atom. The van der Waals surface area contributed by atoms with Crippen molar-refractivity contribution in [3.63, 3.8) is 0 Å². The first-order chi connectivity index (χ1) is 14.3. The first kappa shape index (κ1) is 22.3.